The van der Waals surface area contributed by atoms with Gasteiger partial charge in [0, 0.05) is 44.6 Å². The summed E-state index contributed by atoms with van der Waals surface area (Å²) in [6, 6.07) is 0. The van der Waals surface area contributed by atoms with Crippen molar-refractivity contribution < 1.29 is 19.1 Å². The van der Waals surface area contributed by atoms with Crippen LogP contribution in [0.1, 0.15) is 12.6 Å². The molecule has 3 heterocycles. The van der Waals surface area contributed by atoms with Crippen molar-refractivity contribution in [3.05, 3.63) is 11.1 Å². The molecule has 0 unspecified atom stereocenters. The van der Waals surface area contributed by atoms with Crippen LogP contribution in [0.3, 0.4) is 0 Å². The van der Waals surface area contributed by atoms with E-state index in [1.165, 1.54) is 21.1 Å². The van der Waals surface area contributed by atoms with Crippen LogP contribution in [0.2, 0.25) is 0 Å². The largest absolute Gasteiger partial charge is 0.379 e. The van der Waals surface area contributed by atoms with Gasteiger partial charge in [-0.25, -0.2) is 4.98 Å². The number of piperazine rings is 1. The summed E-state index contributed by atoms with van der Waals surface area (Å²) in [4.78, 5) is 45.5. The third-order valence-electron chi connectivity index (χ3n) is 4.40. The SMILES string of the molecule is CCN1CCN(CC(=O)Nc2nc(CN3CCOCC3)cs2)C(=O)C1=O. The van der Waals surface area contributed by atoms with Crippen LogP contribution in [0.15, 0.2) is 5.38 Å². The van der Waals surface area contributed by atoms with E-state index in [2.05, 4.69) is 15.2 Å². The lowest BCUT2D eigenvalue weighted by atomic mass is 10.3. The lowest BCUT2D eigenvalue weighted by Gasteiger charge is -2.32. The van der Waals surface area contributed by atoms with Crippen molar-refractivity contribution in [3.63, 3.8) is 0 Å². The Labute approximate surface area is 155 Å². The van der Waals surface area contributed by atoms with E-state index in [9.17, 15) is 14.4 Å². The molecule has 142 valence electrons. The number of carbonyl (C=O) groups excluding carboxylic acids is 3. The van der Waals surface area contributed by atoms with Gasteiger partial charge in [0.15, 0.2) is 5.13 Å². The fourth-order valence-corrected chi connectivity index (χ4v) is 3.64. The molecule has 1 aromatic heterocycles. The minimum absolute atomic E-state index is 0.138. The molecule has 3 rings (SSSR count). The first kappa shape index (κ1) is 18.7. The number of likely N-dealkylation sites (N-methyl/N-ethyl adjacent to an activating group) is 1. The molecule has 2 aliphatic rings. The Bertz CT molecular complexity index is 673. The van der Waals surface area contributed by atoms with Crippen molar-refractivity contribution >= 4 is 34.2 Å². The van der Waals surface area contributed by atoms with E-state index in [-0.39, 0.29) is 12.5 Å². The van der Waals surface area contributed by atoms with Crippen molar-refractivity contribution in [2.45, 2.75) is 13.5 Å². The van der Waals surface area contributed by atoms with E-state index in [4.69, 9.17) is 4.74 Å². The Morgan fingerprint density at radius 1 is 1.19 bits per heavy atom. The second-order valence-corrected chi connectivity index (χ2v) is 7.05. The van der Waals surface area contributed by atoms with Crippen LogP contribution in [-0.4, -0.2) is 89.9 Å². The van der Waals surface area contributed by atoms with Gasteiger partial charge >= 0.3 is 11.8 Å². The van der Waals surface area contributed by atoms with Crippen LogP contribution in [0.5, 0.6) is 0 Å². The van der Waals surface area contributed by atoms with Crippen LogP contribution in [0.4, 0.5) is 5.13 Å². The monoisotopic (exact) mass is 381 g/mol. The van der Waals surface area contributed by atoms with E-state index in [1.807, 2.05) is 12.3 Å². The third-order valence-corrected chi connectivity index (χ3v) is 5.21. The molecule has 10 heteroatoms. The van der Waals surface area contributed by atoms with E-state index in [1.54, 1.807) is 0 Å². The zero-order valence-electron chi connectivity index (χ0n) is 14.8. The topological polar surface area (TPSA) is 95.1 Å². The fourth-order valence-electron chi connectivity index (χ4n) is 2.93. The molecule has 9 nitrogen and oxygen atoms in total. The molecule has 0 bridgehead atoms. The summed E-state index contributed by atoms with van der Waals surface area (Å²) in [5.74, 6) is -1.52. The molecule has 26 heavy (non-hydrogen) atoms. The van der Waals surface area contributed by atoms with Crippen molar-refractivity contribution in [1.82, 2.24) is 19.7 Å². The third kappa shape index (κ3) is 4.57. The second-order valence-electron chi connectivity index (χ2n) is 6.19. The summed E-state index contributed by atoms with van der Waals surface area (Å²) in [5.41, 5.74) is 0.898. The first-order valence-electron chi connectivity index (χ1n) is 8.69. The highest BCUT2D eigenvalue weighted by molar-refractivity contribution is 7.13. The second kappa shape index (κ2) is 8.56. The van der Waals surface area contributed by atoms with Crippen molar-refractivity contribution in [3.8, 4) is 0 Å². The highest BCUT2D eigenvalue weighted by Gasteiger charge is 2.32. The Morgan fingerprint density at radius 3 is 2.62 bits per heavy atom. The van der Waals surface area contributed by atoms with Crippen molar-refractivity contribution in [2.24, 2.45) is 0 Å². The fraction of sp³-hybridized carbons (Fsp3) is 0.625. The van der Waals surface area contributed by atoms with Crippen LogP contribution >= 0.6 is 11.3 Å². The molecule has 0 aliphatic carbocycles. The number of nitrogens with one attached hydrogen (secondary N) is 1. The van der Waals surface area contributed by atoms with Crippen LogP contribution < -0.4 is 5.32 Å². The molecule has 1 aromatic rings. The molecule has 1 N–H and O–H groups in total. The maximum atomic E-state index is 12.2. The van der Waals surface area contributed by atoms with Gasteiger partial charge in [0.05, 0.1) is 18.9 Å². The van der Waals surface area contributed by atoms with Crippen LogP contribution in [0, 0.1) is 0 Å². The predicted octanol–water partition coefficient (Wildman–Crippen LogP) is -0.395. The Kier molecular flexibility index (Phi) is 6.17. The molecule has 0 spiro atoms. The molecule has 2 fully saturated rings. The van der Waals surface area contributed by atoms with Gasteiger partial charge in [-0.3, -0.25) is 19.3 Å². The summed E-state index contributed by atoms with van der Waals surface area (Å²) in [6.45, 7) is 6.93. The number of rotatable bonds is 6. The predicted molar refractivity (Wildman–Crippen MR) is 95.7 cm³/mol. The molecule has 0 radical (unpaired) electrons. The lowest BCUT2D eigenvalue weighted by Crippen LogP contribution is -2.55. The quantitative estimate of drug-likeness (QED) is 0.674. The summed E-state index contributed by atoms with van der Waals surface area (Å²) in [7, 11) is 0. The van der Waals surface area contributed by atoms with Crippen molar-refractivity contribution in [2.75, 3.05) is 57.8 Å². The number of amides is 3. The molecule has 0 atom stereocenters. The van der Waals surface area contributed by atoms with Gasteiger partial charge in [-0.2, -0.15) is 0 Å². The number of hydrogen-bond acceptors (Lipinski definition) is 7. The molecule has 2 aliphatic heterocycles. The minimum atomic E-state index is -0.625. The van der Waals surface area contributed by atoms with Crippen LogP contribution in [-0.2, 0) is 25.7 Å². The number of anilines is 1. The van der Waals surface area contributed by atoms with Gasteiger partial charge in [0.25, 0.3) is 0 Å². The first-order chi connectivity index (χ1) is 12.6. The zero-order valence-corrected chi connectivity index (χ0v) is 15.6. The summed E-state index contributed by atoms with van der Waals surface area (Å²) in [6.07, 6.45) is 0. The summed E-state index contributed by atoms with van der Waals surface area (Å²) >= 11 is 1.35. The normalized spacial score (nSPS) is 19.1. The minimum Gasteiger partial charge on any atom is -0.379 e. The molecule has 2 saturated heterocycles. The molecule has 0 saturated carbocycles. The average Bonchev–Trinajstić information content (AvgIpc) is 3.07. The van der Waals surface area contributed by atoms with E-state index >= 15 is 0 Å². The highest BCUT2D eigenvalue weighted by atomic mass is 32.1. The lowest BCUT2D eigenvalue weighted by molar-refractivity contribution is -0.156. The standard InChI is InChI=1S/C16H23N5O4S/c1-2-20-3-4-21(15(24)14(20)23)10-13(22)18-16-17-12(11-26-16)9-19-5-7-25-8-6-19/h11H,2-10H2,1H3,(H,17,18,22). The number of aromatic nitrogens is 1. The van der Waals surface area contributed by atoms with E-state index in [0.29, 0.717) is 24.8 Å². The van der Waals surface area contributed by atoms with Gasteiger partial charge < -0.3 is 19.9 Å². The molecular formula is C16H23N5O4S. The number of hydrogen-bond donors (Lipinski definition) is 1. The van der Waals surface area contributed by atoms with Gasteiger partial charge in [-0.15, -0.1) is 11.3 Å². The number of thiazole rings is 1. The van der Waals surface area contributed by atoms with Crippen LogP contribution in [0.25, 0.3) is 0 Å². The first-order valence-corrected chi connectivity index (χ1v) is 9.57. The average molecular weight is 381 g/mol. The maximum Gasteiger partial charge on any atom is 0.312 e. The number of carbonyl (C=O) groups is 3. The highest BCUT2D eigenvalue weighted by Crippen LogP contribution is 2.17. The number of nitrogens with zero attached hydrogens (tertiary/aromatic N) is 4. The van der Waals surface area contributed by atoms with Gasteiger partial charge in [0.1, 0.15) is 6.54 Å². The maximum absolute atomic E-state index is 12.2. The smallest absolute Gasteiger partial charge is 0.312 e. The zero-order chi connectivity index (χ0) is 18.5. The number of morpholine rings is 1. The Hall–Kier alpha value is -2.04. The van der Waals surface area contributed by atoms with E-state index < -0.39 is 11.8 Å². The summed E-state index contributed by atoms with van der Waals surface area (Å²) in [5, 5.41) is 5.13. The summed E-state index contributed by atoms with van der Waals surface area (Å²) < 4.78 is 5.32. The van der Waals surface area contributed by atoms with Crippen molar-refractivity contribution in [1.29, 1.82) is 0 Å². The van der Waals surface area contributed by atoms with E-state index in [0.717, 1.165) is 38.5 Å². The molecule has 3 amide bonds. The Morgan fingerprint density at radius 2 is 1.88 bits per heavy atom. The molecule has 0 aromatic carbocycles. The van der Waals surface area contributed by atoms with Gasteiger partial charge in [-0.1, -0.05) is 0 Å². The molecular weight excluding hydrogens is 358 g/mol. The van der Waals surface area contributed by atoms with Gasteiger partial charge in [-0.05, 0) is 6.92 Å². The van der Waals surface area contributed by atoms with Gasteiger partial charge in [0.2, 0.25) is 5.91 Å². The Balaban J connectivity index is 1.49. The number of ether oxygens (including phenoxy) is 1.